The van der Waals surface area contributed by atoms with Gasteiger partial charge in [0.15, 0.2) is 12.4 Å². The Morgan fingerprint density at radius 2 is 2.02 bits per heavy atom. The van der Waals surface area contributed by atoms with Crippen LogP contribution in [0.1, 0.15) is 64.5 Å². The molecule has 4 aliphatic rings. The highest BCUT2D eigenvalue weighted by Crippen LogP contribution is 2.67. The summed E-state index contributed by atoms with van der Waals surface area (Å²) in [7, 11) is 1.26. The maximum atomic E-state index is 12.6. The molecule has 0 saturated heterocycles. The van der Waals surface area contributed by atoms with Crippen LogP contribution in [0.5, 0.6) is 0 Å². The number of hydrogen-bond donors (Lipinski definition) is 5. The van der Waals surface area contributed by atoms with Crippen molar-refractivity contribution in [2.45, 2.75) is 83.0 Å². The van der Waals surface area contributed by atoms with Crippen LogP contribution in [0.15, 0.2) is 29.3 Å². The average Bonchev–Trinajstić information content (AvgIpc) is 3.57. The van der Waals surface area contributed by atoms with Crippen molar-refractivity contribution in [3.05, 3.63) is 29.9 Å². The standard InChI is InChI=1S/C30H42N4O8/c1-28-8-6-18(34-42-15-25(38)33-22(27(39)41-3)11-19-13-31-16-32-19)10-17(28)4-5-20-21-7-9-30(40,24(37)14-35)29(21,2)12-23(36)26(20)28/h10,13,16,20-23,26,35-36,40H,4-9,11-12,14-15H2,1-3H3,(H,31,32)(H,33,38)/b34-18+/t20?,21?,22?,23?,26?,28-,29-,30-/m0/s1. The molecular weight excluding hydrogens is 544 g/mol. The molecule has 0 radical (unpaired) electrons. The zero-order valence-electron chi connectivity index (χ0n) is 24.5. The van der Waals surface area contributed by atoms with E-state index in [-0.39, 0.29) is 36.2 Å². The van der Waals surface area contributed by atoms with Crippen LogP contribution in [0.3, 0.4) is 0 Å². The maximum Gasteiger partial charge on any atom is 0.328 e. The highest BCUT2D eigenvalue weighted by atomic mass is 16.6. The zero-order chi connectivity index (χ0) is 30.3. The summed E-state index contributed by atoms with van der Waals surface area (Å²) in [5.74, 6) is -1.41. The number of aromatic nitrogens is 2. The SMILES string of the molecule is COC(=O)C(Cc1cnc[nH]1)NC(=O)CO/N=C1/C=C2CCC3C(C(O)C[C@@]4(C)C3CC[C@]4(O)C(=O)CO)[C@@]2(C)CC1. The summed E-state index contributed by atoms with van der Waals surface area (Å²) in [5, 5.41) is 39.3. The summed E-state index contributed by atoms with van der Waals surface area (Å²) < 4.78 is 4.80. The van der Waals surface area contributed by atoms with E-state index in [0.717, 1.165) is 25.0 Å². The molecule has 0 bridgehead atoms. The van der Waals surface area contributed by atoms with Crippen LogP contribution >= 0.6 is 0 Å². The number of nitrogens with zero attached hydrogens (tertiary/aromatic N) is 2. The number of nitrogens with one attached hydrogen (secondary N) is 2. The first-order valence-corrected chi connectivity index (χ1v) is 14.8. The fourth-order valence-corrected chi connectivity index (χ4v) is 8.73. The quantitative estimate of drug-likeness (QED) is 0.210. The van der Waals surface area contributed by atoms with Crippen molar-refractivity contribution < 1.29 is 39.3 Å². The van der Waals surface area contributed by atoms with Gasteiger partial charge in [0.2, 0.25) is 0 Å². The summed E-state index contributed by atoms with van der Waals surface area (Å²) >= 11 is 0. The van der Waals surface area contributed by atoms with Gasteiger partial charge in [-0.2, -0.15) is 0 Å². The average molecular weight is 587 g/mol. The van der Waals surface area contributed by atoms with Gasteiger partial charge in [0, 0.05) is 23.7 Å². The molecule has 5 N–H and O–H groups in total. The van der Waals surface area contributed by atoms with Gasteiger partial charge in [-0.3, -0.25) is 9.59 Å². The van der Waals surface area contributed by atoms with Crippen LogP contribution in [0.2, 0.25) is 0 Å². The lowest BCUT2D eigenvalue weighted by atomic mass is 9.45. The molecule has 8 atom stereocenters. The summed E-state index contributed by atoms with van der Waals surface area (Å²) in [6.07, 6.45) is 8.90. The Labute approximate surface area is 244 Å². The lowest BCUT2D eigenvalue weighted by Gasteiger charge is -2.60. The summed E-state index contributed by atoms with van der Waals surface area (Å²) in [6, 6.07) is -0.895. The Balaban J connectivity index is 1.24. The molecule has 3 saturated carbocycles. The van der Waals surface area contributed by atoms with Crippen LogP contribution in [-0.2, 0) is 30.4 Å². The van der Waals surface area contributed by atoms with E-state index in [1.54, 1.807) is 6.20 Å². The maximum absolute atomic E-state index is 12.6. The van der Waals surface area contributed by atoms with Gasteiger partial charge < -0.3 is 35.2 Å². The number of ether oxygens (including phenoxy) is 1. The van der Waals surface area contributed by atoms with Gasteiger partial charge in [0.25, 0.3) is 5.91 Å². The van der Waals surface area contributed by atoms with Crippen molar-refractivity contribution in [1.82, 2.24) is 15.3 Å². The fourth-order valence-electron chi connectivity index (χ4n) is 8.73. The molecule has 0 aliphatic heterocycles. The number of ketones is 1. The van der Waals surface area contributed by atoms with E-state index in [2.05, 4.69) is 27.4 Å². The first-order chi connectivity index (χ1) is 20.0. The van der Waals surface area contributed by atoms with E-state index in [0.29, 0.717) is 31.4 Å². The van der Waals surface area contributed by atoms with Crippen LogP contribution in [0, 0.1) is 28.6 Å². The summed E-state index contributed by atoms with van der Waals surface area (Å²) in [5.41, 5.74) is -0.0624. The minimum Gasteiger partial charge on any atom is -0.467 e. The Hall–Kier alpha value is -3.09. The first kappa shape index (κ1) is 30.4. The van der Waals surface area contributed by atoms with Gasteiger partial charge in [-0.1, -0.05) is 24.6 Å². The molecule has 0 spiro atoms. The van der Waals surface area contributed by atoms with Crippen molar-refractivity contribution in [3.63, 3.8) is 0 Å². The number of carbonyl (C=O) groups is 3. The second kappa shape index (κ2) is 11.5. The first-order valence-electron chi connectivity index (χ1n) is 14.8. The highest BCUT2D eigenvalue weighted by Gasteiger charge is 2.68. The zero-order valence-corrected chi connectivity index (χ0v) is 24.5. The Morgan fingerprint density at radius 3 is 2.71 bits per heavy atom. The molecule has 12 heteroatoms. The lowest BCUT2D eigenvalue weighted by molar-refractivity contribution is -0.181. The fraction of sp³-hybridized carbons (Fsp3) is 0.700. The van der Waals surface area contributed by atoms with Crippen LogP contribution in [0.4, 0.5) is 0 Å². The highest BCUT2D eigenvalue weighted by molar-refractivity contribution is 5.96. The van der Waals surface area contributed by atoms with E-state index in [1.807, 2.05) is 13.0 Å². The largest absolute Gasteiger partial charge is 0.467 e. The van der Waals surface area contributed by atoms with Crippen molar-refractivity contribution >= 4 is 23.4 Å². The molecule has 5 rings (SSSR count). The number of methoxy groups -OCH3 is 1. The summed E-state index contributed by atoms with van der Waals surface area (Å²) in [6.45, 7) is 3.05. The number of H-pyrrole nitrogens is 1. The smallest absolute Gasteiger partial charge is 0.328 e. The number of amides is 1. The topological polar surface area (TPSA) is 183 Å². The minimum absolute atomic E-state index is 0.0134. The van der Waals surface area contributed by atoms with Crippen molar-refractivity contribution in [1.29, 1.82) is 0 Å². The Kier molecular flexibility index (Phi) is 8.34. The van der Waals surface area contributed by atoms with Crippen molar-refractivity contribution in [2.75, 3.05) is 20.3 Å². The number of imidazole rings is 1. The predicted octanol–water partition coefficient (Wildman–Crippen LogP) is 1.21. The van der Waals surface area contributed by atoms with Crippen molar-refractivity contribution in [2.24, 2.45) is 33.7 Å². The van der Waals surface area contributed by atoms with E-state index >= 15 is 0 Å². The molecule has 0 aromatic carbocycles. The second-order valence-corrected chi connectivity index (χ2v) is 12.9. The predicted molar refractivity (Wildman–Crippen MR) is 150 cm³/mol. The van der Waals surface area contributed by atoms with Gasteiger partial charge in [-0.15, -0.1) is 0 Å². The molecule has 1 aromatic heterocycles. The van der Waals surface area contributed by atoms with Gasteiger partial charge in [-0.05, 0) is 74.2 Å². The number of hydrogen-bond acceptors (Lipinski definition) is 10. The number of fused-ring (bicyclic) bond motifs is 5. The van der Waals surface area contributed by atoms with E-state index in [1.165, 1.54) is 19.0 Å². The third kappa shape index (κ3) is 5.07. The number of rotatable bonds is 9. The Bertz CT molecular complexity index is 1260. The van der Waals surface area contributed by atoms with Gasteiger partial charge in [-0.25, -0.2) is 9.78 Å². The van der Waals surface area contributed by atoms with E-state index in [4.69, 9.17) is 9.57 Å². The molecule has 1 heterocycles. The third-order valence-corrected chi connectivity index (χ3v) is 10.8. The number of allylic oxidation sites excluding steroid dienone is 2. The number of aliphatic hydroxyl groups excluding tert-OH is 2. The molecule has 230 valence electrons. The number of aliphatic hydroxyl groups is 3. The van der Waals surface area contributed by atoms with Gasteiger partial charge >= 0.3 is 5.97 Å². The molecule has 12 nitrogen and oxygen atoms in total. The monoisotopic (exact) mass is 586 g/mol. The van der Waals surface area contributed by atoms with Crippen LogP contribution in [0.25, 0.3) is 0 Å². The third-order valence-electron chi connectivity index (χ3n) is 10.8. The summed E-state index contributed by atoms with van der Waals surface area (Å²) in [4.78, 5) is 49.4. The number of esters is 1. The van der Waals surface area contributed by atoms with Gasteiger partial charge in [0.05, 0.1) is 25.3 Å². The number of oxime groups is 1. The molecular formula is C30H42N4O8. The van der Waals surface area contributed by atoms with E-state index < -0.39 is 47.4 Å². The number of aromatic amines is 1. The van der Waals surface area contributed by atoms with Crippen molar-refractivity contribution in [3.8, 4) is 0 Å². The second-order valence-electron chi connectivity index (χ2n) is 12.9. The van der Waals surface area contributed by atoms with Gasteiger partial charge in [0.1, 0.15) is 18.2 Å². The number of carbonyl (C=O) groups excluding carboxylic acids is 3. The Morgan fingerprint density at radius 1 is 1.24 bits per heavy atom. The molecule has 1 aromatic rings. The van der Waals surface area contributed by atoms with Crippen LogP contribution < -0.4 is 5.32 Å². The lowest BCUT2D eigenvalue weighted by Crippen LogP contribution is -2.62. The van der Waals surface area contributed by atoms with E-state index in [9.17, 15) is 29.7 Å². The minimum atomic E-state index is -1.61. The number of Topliss-reactive ketones (excluding diaryl/α,β-unsaturated/α-hetero) is 1. The van der Waals surface area contributed by atoms with Crippen LogP contribution in [-0.4, -0.2) is 86.7 Å². The molecule has 1 amide bonds. The molecule has 4 aliphatic carbocycles. The molecule has 5 unspecified atom stereocenters. The molecule has 3 fully saturated rings. The normalized spacial score (nSPS) is 37.1. The molecule has 42 heavy (non-hydrogen) atoms.